The number of hydrogen-bond acceptors (Lipinski definition) is 5. The maximum absolute atomic E-state index is 13.4. The first-order valence-corrected chi connectivity index (χ1v) is 13.0. The van der Waals surface area contributed by atoms with Gasteiger partial charge >= 0.3 is 0 Å². The Bertz CT molecular complexity index is 985. The predicted octanol–water partition coefficient (Wildman–Crippen LogP) is 4.17. The fraction of sp³-hybridized carbons (Fsp3) is 0.731. The van der Waals surface area contributed by atoms with E-state index in [9.17, 15) is 4.39 Å². The van der Waals surface area contributed by atoms with Gasteiger partial charge in [-0.15, -0.1) is 5.10 Å². The summed E-state index contributed by atoms with van der Waals surface area (Å²) in [5.74, 6) is 2.28. The lowest BCUT2D eigenvalue weighted by Gasteiger charge is -2.45. The van der Waals surface area contributed by atoms with Crippen LogP contribution in [0.15, 0.2) is 24.4 Å². The van der Waals surface area contributed by atoms with E-state index in [0.29, 0.717) is 10.8 Å². The molecular formula is C26H37FN6. The third-order valence-electron chi connectivity index (χ3n) is 9.12. The molecule has 33 heavy (non-hydrogen) atoms. The maximum Gasteiger partial charge on any atom is 0.214 e. The minimum absolute atomic E-state index is 0.406. The van der Waals surface area contributed by atoms with E-state index in [4.69, 9.17) is 0 Å². The number of hydrogen-bond donors (Lipinski definition) is 0. The Morgan fingerprint density at radius 1 is 1.09 bits per heavy atom. The van der Waals surface area contributed by atoms with Crippen molar-refractivity contribution in [1.29, 1.82) is 0 Å². The SMILES string of the molecule is C[C@@]12CC3CC(Cn4cc(CCN5CCN(c6cccc(F)n6)CC5)nn4)(CCC[C@H]3C1)C2. The van der Waals surface area contributed by atoms with Crippen LogP contribution in [-0.2, 0) is 13.0 Å². The summed E-state index contributed by atoms with van der Waals surface area (Å²) in [4.78, 5) is 8.67. The smallest absolute Gasteiger partial charge is 0.214 e. The van der Waals surface area contributed by atoms with Crippen LogP contribution in [0.4, 0.5) is 10.2 Å². The average Bonchev–Trinajstić information content (AvgIpc) is 3.29. The third-order valence-corrected chi connectivity index (χ3v) is 9.12. The largest absolute Gasteiger partial charge is 0.354 e. The Labute approximate surface area is 196 Å². The summed E-state index contributed by atoms with van der Waals surface area (Å²) in [5.41, 5.74) is 2.12. The first kappa shape index (κ1) is 21.5. The Kier molecular flexibility index (Phi) is 5.43. The minimum atomic E-state index is -0.406. The van der Waals surface area contributed by atoms with Gasteiger partial charge in [0.05, 0.1) is 5.69 Å². The Morgan fingerprint density at radius 3 is 2.79 bits per heavy atom. The fourth-order valence-corrected chi connectivity index (χ4v) is 7.99. The lowest BCUT2D eigenvalue weighted by Crippen LogP contribution is -2.47. The second kappa shape index (κ2) is 8.33. The summed E-state index contributed by atoms with van der Waals surface area (Å²) in [5, 5.41) is 9.10. The molecule has 4 atom stereocenters. The molecule has 6 rings (SSSR count). The lowest BCUT2D eigenvalue weighted by molar-refractivity contribution is 0.0489. The number of anilines is 1. The van der Waals surface area contributed by atoms with Gasteiger partial charge in [0.15, 0.2) is 0 Å². The molecule has 3 aliphatic carbocycles. The van der Waals surface area contributed by atoms with Crippen molar-refractivity contribution in [3.63, 3.8) is 0 Å². The van der Waals surface area contributed by atoms with Gasteiger partial charge in [0.2, 0.25) is 5.95 Å². The van der Waals surface area contributed by atoms with Gasteiger partial charge in [0.25, 0.3) is 0 Å². The molecule has 178 valence electrons. The third kappa shape index (κ3) is 4.41. The Morgan fingerprint density at radius 2 is 1.94 bits per heavy atom. The van der Waals surface area contributed by atoms with E-state index in [2.05, 4.69) is 42.9 Å². The molecule has 1 aliphatic heterocycles. The molecule has 0 radical (unpaired) electrons. The summed E-state index contributed by atoms with van der Waals surface area (Å²) < 4.78 is 15.6. The molecular weight excluding hydrogens is 415 g/mol. The van der Waals surface area contributed by atoms with E-state index in [1.165, 1.54) is 51.0 Å². The first-order chi connectivity index (χ1) is 16.0. The molecule has 3 heterocycles. The van der Waals surface area contributed by atoms with Crippen molar-refractivity contribution in [2.45, 2.75) is 64.8 Å². The summed E-state index contributed by atoms with van der Waals surface area (Å²) in [7, 11) is 0. The zero-order chi connectivity index (χ0) is 22.5. The van der Waals surface area contributed by atoms with E-state index in [1.807, 2.05) is 6.07 Å². The molecule has 1 saturated heterocycles. The second-order valence-corrected chi connectivity index (χ2v) is 11.8. The number of rotatable bonds is 6. The van der Waals surface area contributed by atoms with E-state index >= 15 is 0 Å². The van der Waals surface area contributed by atoms with Gasteiger partial charge in [0, 0.05) is 51.9 Å². The van der Waals surface area contributed by atoms with Gasteiger partial charge in [-0.3, -0.25) is 9.58 Å². The number of piperazine rings is 1. The fourth-order valence-electron chi connectivity index (χ4n) is 7.99. The number of aromatic nitrogens is 4. The monoisotopic (exact) mass is 452 g/mol. The molecule has 3 saturated carbocycles. The highest BCUT2D eigenvalue weighted by atomic mass is 19.1. The summed E-state index contributed by atoms with van der Waals surface area (Å²) in [6, 6.07) is 5.03. The van der Waals surface area contributed by atoms with Crippen LogP contribution in [0.25, 0.3) is 0 Å². The molecule has 0 amide bonds. The van der Waals surface area contributed by atoms with Crippen LogP contribution in [0.1, 0.15) is 57.6 Å². The van der Waals surface area contributed by atoms with E-state index in [1.54, 1.807) is 6.07 Å². The molecule has 6 nitrogen and oxygen atoms in total. The molecule has 0 N–H and O–H groups in total. The van der Waals surface area contributed by atoms with Gasteiger partial charge in [-0.2, -0.15) is 4.39 Å². The van der Waals surface area contributed by atoms with Crippen LogP contribution in [-0.4, -0.2) is 57.6 Å². The van der Waals surface area contributed by atoms with E-state index < -0.39 is 5.95 Å². The van der Waals surface area contributed by atoms with Crippen LogP contribution in [0.5, 0.6) is 0 Å². The van der Waals surface area contributed by atoms with Crippen molar-refractivity contribution < 1.29 is 4.39 Å². The normalized spacial score (nSPS) is 34.1. The number of nitrogens with zero attached hydrogens (tertiary/aromatic N) is 6. The predicted molar refractivity (Wildman–Crippen MR) is 126 cm³/mol. The maximum atomic E-state index is 13.4. The quantitative estimate of drug-likeness (QED) is 0.616. The molecule has 7 heteroatoms. The van der Waals surface area contributed by atoms with Crippen LogP contribution in [0.2, 0.25) is 0 Å². The Balaban J connectivity index is 1.02. The van der Waals surface area contributed by atoms with Gasteiger partial charge < -0.3 is 4.90 Å². The molecule has 0 aromatic carbocycles. The molecule has 2 aromatic rings. The van der Waals surface area contributed by atoms with Crippen molar-refractivity contribution in [3.05, 3.63) is 36.0 Å². The first-order valence-electron chi connectivity index (χ1n) is 13.0. The minimum Gasteiger partial charge on any atom is -0.354 e. The van der Waals surface area contributed by atoms with E-state index in [0.717, 1.165) is 69.0 Å². The molecule has 0 spiro atoms. The van der Waals surface area contributed by atoms with Crippen LogP contribution >= 0.6 is 0 Å². The molecule has 2 aromatic heterocycles. The van der Waals surface area contributed by atoms with Crippen LogP contribution in [0.3, 0.4) is 0 Å². The van der Waals surface area contributed by atoms with Crippen molar-refractivity contribution in [2.24, 2.45) is 22.7 Å². The highest BCUT2D eigenvalue weighted by Gasteiger charge is 2.54. The average molecular weight is 453 g/mol. The van der Waals surface area contributed by atoms with Crippen molar-refractivity contribution in [3.8, 4) is 0 Å². The van der Waals surface area contributed by atoms with Crippen LogP contribution < -0.4 is 4.90 Å². The van der Waals surface area contributed by atoms with Crippen LogP contribution in [0, 0.1) is 28.6 Å². The second-order valence-electron chi connectivity index (χ2n) is 11.8. The highest BCUT2D eigenvalue weighted by Crippen LogP contribution is 2.64. The van der Waals surface area contributed by atoms with E-state index in [-0.39, 0.29) is 0 Å². The summed E-state index contributed by atoms with van der Waals surface area (Å²) in [6.07, 6.45) is 13.1. The van der Waals surface area contributed by atoms with Gasteiger partial charge in [0.1, 0.15) is 5.82 Å². The zero-order valence-electron chi connectivity index (χ0n) is 19.9. The Hall–Kier alpha value is -2.02. The molecule has 3 bridgehead atoms. The van der Waals surface area contributed by atoms with Gasteiger partial charge in [-0.1, -0.05) is 31.0 Å². The molecule has 2 unspecified atom stereocenters. The summed E-state index contributed by atoms with van der Waals surface area (Å²) >= 11 is 0. The van der Waals surface area contributed by atoms with Gasteiger partial charge in [-0.05, 0) is 66.9 Å². The summed E-state index contributed by atoms with van der Waals surface area (Å²) in [6.45, 7) is 8.30. The van der Waals surface area contributed by atoms with Crippen molar-refractivity contribution in [2.75, 3.05) is 37.6 Å². The standard InChI is InChI=1S/C26H37FN6/c1-25-14-20-4-3-8-26(18-25,16-21(20)15-25)19-33-17-22(29-30-33)7-9-31-10-12-32(13-11-31)24-6-2-5-23(27)28-24/h2,5-6,17,20-21H,3-4,7-16,18-19H2,1H3/t20-,21?,25-,26?/m0/s1. The lowest BCUT2D eigenvalue weighted by atomic mass is 9.62. The van der Waals surface area contributed by atoms with Gasteiger partial charge in [-0.25, -0.2) is 4.98 Å². The van der Waals surface area contributed by atoms with Crippen molar-refractivity contribution >= 4 is 5.82 Å². The topological polar surface area (TPSA) is 50.1 Å². The van der Waals surface area contributed by atoms with Crippen molar-refractivity contribution in [1.82, 2.24) is 24.9 Å². The molecule has 4 aliphatic rings. The number of fused-ring (bicyclic) bond motifs is 2. The zero-order valence-corrected chi connectivity index (χ0v) is 19.9. The number of halogens is 1. The highest BCUT2D eigenvalue weighted by molar-refractivity contribution is 5.38. The molecule has 4 fully saturated rings. The number of pyridine rings is 1.